The van der Waals surface area contributed by atoms with Gasteiger partial charge in [-0.3, -0.25) is 14.9 Å². The van der Waals surface area contributed by atoms with Gasteiger partial charge >= 0.3 is 0 Å². The summed E-state index contributed by atoms with van der Waals surface area (Å²) in [6.45, 7) is 6.15. The van der Waals surface area contributed by atoms with Crippen LogP contribution in [0.5, 0.6) is 0 Å². The third-order valence-corrected chi connectivity index (χ3v) is 3.40. The maximum atomic E-state index is 12.3. The Hall–Kier alpha value is -2.18. The van der Waals surface area contributed by atoms with E-state index in [2.05, 4.69) is 29.5 Å². The zero-order chi connectivity index (χ0) is 16.0. The van der Waals surface area contributed by atoms with Crippen LogP contribution in [0.1, 0.15) is 44.0 Å². The molecule has 0 fully saturated rings. The number of anilines is 1. The normalized spacial score (nSPS) is 13.3. The largest absolute Gasteiger partial charge is 0.372 e. The second-order valence-corrected chi connectivity index (χ2v) is 5.22. The SMILES string of the molecule is CCC(C)CC(C)NC(=O)c1cc([N+](=O)[O-])cnc1NC. The van der Waals surface area contributed by atoms with Gasteiger partial charge in [0.1, 0.15) is 12.0 Å². The molecule has 2 N–H and O–H groups in total. The van der Waals surface area contributed by atoms with E-state index in [1.807, 2.05) is 6.92 Å². The Morgan fingerprint density at radius 3 is 2.67 bits per heavy atom. The molecule has 0 aromatic carbocycles. The van der Waals surface area contributed by atoms with Crippen LogP contribution in [0.2, 0.25) is 0 Å². The van der Waals surface area contributed by atoms with Gasteiger partial charge in [0.2, 0.25) is 0 Å². The highest BCUT2D eigenvalue weighted by Gasteiger charge is 2.19. The molecule has 0 radical (unpaired) electrons. The van der Waals surface area contributed by atoms with Crippen molar-refractivity contribution in [1.82, 2.24) is 10.3 Å². The molecule has 0 saturated carbocycles. The van der Waals surface area contributed by atoms with Crippen LogP contribution in [0.15, 0.2) is 12.3 Å². The van der Waals surface area contributed by atoms with Crippen molar-refractivity contribution in [2.75, 3.05) is 12.4 Å². The zero-order valence-corrected chi connectivity index (χ0v) is 12.8. The van der Waals surface area contributed by atoms with Gasteiger partial charge < -0.3 is 10.6 Å². The van der Waals surface area contributed by atoms with E-state index < -0.39 is 4.92 Å². The highest BCUT2D eigenvalue weighted by Crippen LogP contribution is 2.19. The average Bonchev–Trinajstić information content (AvgIpc) is 2.45. The Morgan fingerprint density at radius 1 is 1.48 bits per heavy atom. The summed E-state index contributed by atoms with van der Waals surface area (Å²) in [5, 5.41) is 16.4. The minimum absolute atomic E-state index is 0.00332. The molecule has 21 heavy (non-hydrogen) atoms. The van der Waals surface area contributed by atoms with Crippen LogP contribution >= 0.6 is 0 Å². The quantitative estimate of drug-likeness (QED) is 0.595. The fraction of sp³-hybridized carbons (Fsp3) is 0.571. The molecule has 0 bridgehead atoms. The minimum atomic E-state index is -0.564. The van der Waals surface area contributed by atoms with Crippen LogP contribution in [0.25, 0.3) is 0 Å². The summed E-state index contributed by atoms with van der Waals surface area (Å²) in [5.74, 6) is 0.479. The molecule has 2 atom stereocenters. The summed E-state index contributed by atoms with van der Waals surface area (Å²) in [4.78, 5) is 26.4. The van der Waals surface area contributed by atoms with Crippen molar-refractivity contribution >= 4 is 17.4 Å². The van der Waals surface area contributed by atoms with E-state index in [0.717, 1.165) is 19.0 Å². The summed E-state index contributed by atoms with van der Waals surface area (Å²) < 4.78 is 0. The molecule has 1 aromatic rings. The molecule has 0 aliphatic rings. The Labute approximate surface area is 124 Å². The van der Waals surface area contributed by atoms with Crippen LogP contribution in [-0.4, -0.2) is 28.9 Å². The van der Waals surface area contributed by atoms with Crippen LogP contribution in [-0.2, 0) is 0 Å². The van der Waals surface area contributed by atoms with Gasteiger partial charge in [-0.15, -0.1) is 0 Å². The maximum absolute atomic E-state index is 12.3. The van der Waals surface area contributed by atoms with Gasteiger partial charge in [-0.1, -0.05) is 20.3 Å². The molecule has 0 aliphatic carbocycles. The monoisotopic (exact) mass is 294 g/mol. The van der Waals surface area contributed by atoms with Gasteiger partial charge in [0, 0.05) is 19.2 Å². The van der Waals surface area contributed by atoms with Crippen LogP contribution in [0, 0.1) is 16.0 Å². The Balaban J connectivity index is 2.90. The van der Waals surface area contributed by atoms with Gasteiger partial charge in [-0.05, 0) is 19.3 Å². The topological polar surface area (TPSA) is 97.2 Å². The zero-order valence-electron chi connectivity index (χ0n) is 12.8. The number of carbonyl (C=O) groups is 1. The molecule has 1 aromatic heterocycles. The molecule has 1 amide bonds. The molecule has 1 rings (SSSR count). The van der Waals surface area contributed by atoms with E-state index in [9.17, 15) is 14.9 Å². The van der Waals surface area contributed by atoms with E-state index in [4.69, 9.17) is 0 Å². The lowest BCUT2D eigenvalue weighted by atomic mass is 10.00. The second-order valence-electron chi connectivity index (χ2n) is 5.22. The molecule has 116 valence electrons. The third kappa shape index (κ3) is 4.70. The number of nitrogens with one attached hydrogen (secondary N) is 2. The van der Waals surface area contributed by atoms with Crippen LogP contribution in [0.4, 0.5) is 11.5 Å². The predicted octanol–water partition coefficient (Wildman–Crippen LogP) is 2.59. The van der Waals surface area contributed by atoms with Crippen LogP contribution in [0.3, 0.4) is 0 Å². The number of nitro groups is 1. The van der Waals surface area contributed by atoms with Crippen LogP contribution < -0.4 is 10.6 Å². The van der Waals surface area contributed by atoms with Crippen molar-refractivity contribution in [3.63, 3.8) is 0 Å². The summed E-state index contributed by atoms with van der Waals surface area (Å²) in [6, 6.07) is 1.24. The summed E-state index contributed by atoms with van der Waals surface area (Å²) in [6.07, 6.45) is 3.03. The first-order valence-electron chi connectivity index (χ1n) is 7.02. The average molecular weight is 294 g/mol. The first-order valence-corrected chi connectivity index (χ1v) is 7.02. The second kappa shape index (κ2) is 7.56. The van der Waals surface area contributed by atoms with Crippen molar-refractivity contribution < 1.29 is 9.72 Å². The highest BCUT2D eigenvalue weighted by molar-refractivity contribution is 5.99. The first-order chi connectivity index (χ1) is 9.88. The first kappa shape index (κ1) is 16.9. The van der Waals surface area contributed by atoms with E-state index in [0.29, 0.717) is 11.7 Å². The molecule has 7 heteroatoms. The van der Waals surface area contributed by atoms with Crippen molar-refractivity contribution in [1.29, 1.82) is 0 Å². The van der Waals surface area contributed by atoms with Gasteiger partial charge in [-0.2, -0.15) is 0 Å². The Bertz CT molecular complexity index is 519. The van der Waals surface area contributed by atoms with Gasteiger partial charge in [0.05, 0.1) is 10.5 Å². The molecular formula is C14H22N4O3. The van der Waals surface area contributed by atoms with E-state index in [-0.39, 0.29) is 23.2 Å². The number of hydrogen-bond donors (Lipinski definition) is 2. The molecule has 0 spiro atoms. The molecule has 2 unspecified atom stereocenters. The number of pyridine rings is 1. The number of hydrogen-bond acceptors (Lipinski definition) is 5. The van der Waals surface area contributed by atoms with E-state index >= 15 is 0 Å². The summed E-state index contributed by atoms with van der Waals surface area (Å²) in [7, 11) is 1.62. The summed E-state index contributed by atoms with van der Waals surface area (Å²) in [5.41, 5.74) is -0.0172. The molecular weight excluding hydrogens is 272 g/mol. The predicted molar refractivity (Wildman–Crippen MR) is 81.4 cm³/mol. The smallest absolute Gasteiger partial charge is 0.288 e. The lowest BCUT2D eigenvalue weighted by Gasteiger charge is -2.18. The standard InChI is InChI=1S/C14H22N4O3/c1-5-9(2)6-10(3)17-14(19)12-7-11(18(20)21)8-16-13(12)15-4/h7-10H,5-6H2,1-4H3,(H,15,16)(H,17,19). The van der Waals surface area contributed by atoms with Crippen molar-refractivity contribution in [2.45, 2.75) is 39.7 Å². The Kier molecular flexibility index (Phi) is 6.08. The number of rotatable bonds is 7. The third-order valence-electron chi connectivity index (χ3n) is 3.40. The van der Waals surface area contributed by atoms with E-state index in [1.54, 1.807) is 7.05 Å². The summed E-state index contributed by atoms with van der Waals surface area (Å²) >= 11 is 0. The van der Waals surface area contributed by atoms with E-state index in [1.165, 1.54) is 6.07 Å². The van der Waals surface area contributed by atoms with Crippen molar-refractivity contribution in [3.8, 4) is 0 Å². The van der Waals surface area contributed by atoms with Gasteiger partial charge in [0.25, 0.3) is 11.6 Å². The lowest BCUT2D eigenvalue weighted by Crippen LogP contribution is -2.34. The highest BCUT2D eigenvalue weighted by atomic mass is 16.6. The van der Waals surface area contributed by atoms with Crippen molar-refractivity contribution in [3.05, 3.63) is 27.9 Å². The molecule has 7 nitrogen and oxygen atoms in total. The van der Waals surface area contributed by atoms with Crippen molar-refractivity contribution in [2.24, 2.45) is 5.92 Å². The fourth-order valence-corrected chi connectivity index (χ4v) is 2.06. The minimum Gasteiger partial charge on any atom is -0.372 e. The molecule has 0 aliphatic heterocycles. The number of aromatic nitrogens is 1. The number of carbonyl (C=O) groups excluding carboxylic acids is 1. The maximum Gasteiger partial charge on any atom is 0.288 e. The number of nitrogens with zero attached hydrogens (tertiary/aromatic N) is 2. The fourth-order valence-electron chi connectivity index (χ4n) is 2.06. The van der Waals surface area contributed by atoms with Gasteiger partial charge in [-0.25, -0.2) is 4.98 Å². The lowest BCUT2D eigenvalue weighted by molar-refractivity contribution is -0.385. The number of amides is 1. The van der Waals surface area contributed by atoms with Gasteiger partial charge in [0.15, 0.2) is 0 Å². The molecule has 0 saturated heterocycles. The Morgan fingerprint density at radius 2 is 2.14 bits per heavy atom. The molecule has 1 heterocycles.